The third-order valence-corrected chi connectivity index (χ3v) is 6.02. The van der Waals surface area contributed by atoms with Crippen molar-refractivity contribution in [3.05, 3.63) is 120 Å². The molecule has 6 heteroatoms. The van der Waals surface area contributed by atoms with Gasteiger partial charge in [-0.2, -0.15) is 0 Å². The predicted octanol–water partition coefficient (Wildman–Crippen LogP) is 7.60. The third kappa shape index (κ3) is 5.11. The first-order chi connectivity index (χ1) is 17.1. The van der Waals surface area contributed by atoms with Gasteiger partial charge in [-0.25, -0.2) is 13.6 Å². The van der Waals surface area contributed by atoms with Crippen LogP contribution in [0.1, 0.15) is 30.0 Å². The van der Waals surface area contributed by atoms with Gasteiger partial charge in [-0.1, -0.05) is 60.7 Å². The number of hydrogen-bond donors (Lipinski definition) is 2. The molecule has 0 fully saturated rings. The fourth-order valence-corrected chi connectivity index (χ4v) is 4.25. The molecule has 0 aliphatic carbocycles. The van der Waals surface area contributed by atoms with E-state index in [0.717, 1.165) is 22.4 Å². The molecule has 1 atom stereocenters. The van der Waals surface area contributed by atoms with Gasteiger partial charge < -0.3 is 10.6 Å². The van der Waals surface area contributed by atoms with Crippen molar-refractivity contribution in [1.29, 1.82) is 0 Å². The summed E-state index contributed by atoms with van der Waals surface area (Å²) in [6.45, 7) is 0. The number of nitrogens with zero attached hydrogens (tertiary/aromatic N) is 1. The number of amides is 2. The van der Waals surface area contributed by atoms with E-state index < -0.39 is 11.6 Å². The van der Waals surface area contributed by atoms with Crippen LogP contribution < -0.4 is 10.6 Å². The second-order valence-corrected chi connectivity index (χ2v) is 8.37. The van der Waals surface area contributed by atoms with Crippen molar-refractivity contribution >= 4 is 23.1 Å². The maximum Gasteiger partial charge on any atom is 0.323 e. The van der Waals surface area contributed by atoms with Gasteiger partial charge in [-0.3, -0.25) is 4.99 Å². The Bertz CT molecular complexity index is 1350. The number of aliphatic imine (C=N–C) groups is 1. The lowest BCUT2D eigenvalue weighted by atomic mass is 9.99. The van der Waals surface area contributed by atoms with E-state index in [1.165, 1.54) is 18.2 Å². The normalized spacial score (nSPS) is 14.9. The Morgan fingerprint density at radius 3 is 1.91 bits per heavy atom. The van der Waals surface area contributed by atoms with E-state index in [9.17, 15) is 13.6 Å². The zero-order valence-electron chi connectivity index (χ0n) is 18.8. The Morgan fingerprint density at radius 1 is 0.714 bits per heavy atom. The number of carbonyl (C=O) groups is 1. The molecule has 0 radical (unpaired) electrons. The molecule has 0 saturated heterocycles. The summed E-state index contributed by atoms with van der Waals surface area (Å²) < 4.78 is 28.2. The van der Waals surface area contributed by atoms with Crippen LogP contribution in [0.5, 0.6) is 0 Å². The number of hydrogen-bond acceptors (Lipinski definition) is 2. The number of carbonyl (C=O) groups excluding carboxylic acids is 1. The topological polar surface area (TPSA) is 53.5 Å². The van der Waals surface area contributed by atoms with E-state index in [-0.39, 0.29) is 17.6 Å². The lowest BCUT2D eigenvalue weighted by molar-refractivity contribution is 0.262. The monoisotopic (exact) mass is 467 g/mol. The van der Waals surface area contributed by atoms with Crippen LogP contribution >= 0.6 is 0 Å². The van der Waals surface area contributed by atoms with Crippen molar-refractivity contribution in [2.45, 2.75) is 18.9 Å². The highest BCUT2D eigenvalue weighted by Crippen LogP contribution is 2.33. The van der Waals surface area contributed by atoms with E-state index in [4.69, 9.17) is 0 Å². The summed E-state index contributed by atoms with van der Waals surface area (Å²) in [4.78, 5) is 16.8. The van der Waals surface area contributed by atoms with Crippen LogP contribution in [-0.2, 0) is 0 Å². The third-order valence-electron chi connectivity index (χ3n) is 6.02. The first-order valence-corrected chi connectivity index (χ1v) is 11.4. The molecule has 4 nitrogen and oxygen atoms in total. The number of urea groups is 1. The largest absolute Gasteiger partial charge is 0.323 e. The van der Waals surface area contributed by atoms with Crippen LogP contribution in [0.4, 0.5) is 25.0 Å². The van der Waals surface area contributed by atoms with Gasteiger partial charge >= 0.3 is 6.03 Å². The molecule has 174 valence electrons. The average Bonchev–Trinajstić information content (AvgIpc) is 3.35. The van der Waals surface area contributed by atoms with Crippen molar-refractivity contribution in [1.82, 2.24) is 0 Å². The van der Waals surface area contributed by atoms with Gasteiger partial charge in [0.05, 0.1) is 11.6 Å². The zero-order valence-corrected chi connectivity index (χ0v) is 18.8. The number of anilines is 2. The van der Waals surface area contributed by atoms with Gasteiger partial charge in [0.1, 0.15) is 11.6 Å². The fraction of sp³-hybridized carbons (Fsp3) is 0.103. The fourth-order valence-electron chi connectivity index (χ4n) is 4.25. The Morgan fingerprint density at radius 2 is 1.29 bits per heavy atom. The highest BCUT2D eigenvalue weighted by atomic mass is 19.1. The zero-order chi connectivity index (χ0) is 24.2. The quantitative estimate of drug-likeness (QED) is 0.312. The lowest BCUT2D eigenvalue weighted by Crippen LogP contribution is -2.19. The summed E-state index contributed by atoms with van der Waals surface area (Å²) >= 11 is 0. The first-order valence-electron chi connectivity index (χ1n) is 11.4. The number of halogens is 2. The highest BCUT2D eigenvalue weighted by molar-refractivity contribution is 6.02. The van der Waals surface area contributed by atoms with E-state index in [0.29, 0.717) is 24.2 Å². The van der Waals surface area contributed by atoms with E-state index in [1.54, 1.807) is 0 Å². The molecule has 2 N–H and O–H groups in total. The number of nitrogens with one attached hydrogen (secondary N) is 2. The van der Waals surface area contributed by atoms with Crippen molar-refractivity contribution in [2.75, 3.05) is 10.6 Å². The van der Waals surface area contributed by atoms with Crippen LogP contribution in [0.3, 0.4) is 0 Å². The molecule has 0 spiro atoms. The van der Waals surface area contributed by atoms with Crippen LogP contribution in [-0.4, -0.2) is 11.7 Å². The van der Waals surface area contributed by atoms with Gasteiger partial charge in [0.15, 0.2) is 0 Å². The molecule has 1 heterocycles. The van der Waals surface area contributed by atoms with Crippen molar-refractivity contribution in [3.8, 4) is 11.1 Å². The molecule has 4 aromatic rings. The van der Waals surface area contributed by atoms with E-state index in [1.807, 2.05) is 78.9 Å². The maximum absolute atomic E-state index is 14.1. The number of benzene rings is 4. The molecular formula is C29H23F2N3O. The SMILES string of the molecule is O=C(Nc1ccccc1)Nc1ccc(-c2ccc(C3CCC(c4c(F)cccc4F)=N3)cc2)cc1. The molecule has 4 aromatic carbocycles. The van der Waals surface area contributed by atoms with Crippen LogP contribution in [0.15, 0.2) is 102 Å². The van der Waals surface area contributed by atoms with E-state index in [2.05, 4.69) is 15.6 Å². The minimum atomic E-state index is -0.574. The standard InChI is InChI=1S/C29H23F2N3O/c30-24-7-4-8-25(31)28(24)27-18-17-26(34-27)21-11-9-19(10-12-21)20-13-15-23(16-14-20)33-29(35)32-22-5-2-1-3-6-22/h1-16,26H,17-18H2,(H2,32,33,35). The summed E-state index contributed by atoms with van der Waals surface area (Å²) in [5, 5.41) is 5.61. The lowest BCUT2D eigenvalue weighted by Gasteiger charge is -2.10. The molecule has 5 rings (SSSR count). The molecule has 1 aliphatic heterocycles. The Balaban J connectivity index is 1.24. The molecule has 35 heavy (non-hydrogen) atoms. The summed E-state index contributed by atoms with van der Waals surface area (Å²) in [6.07, 6.45) is 1.25. The first kappa shape index (κ1) is 22.5. The number of para-hydroxylation sites is 1. The van der Waals surface area contributed by atoms with Crippen molar-refractivity contribution in [2.24, 2.45) is 4.99 Å². The van der Waals surface area contributed by atoms with Crippen molar-refractivity contribution < 1.29 is 13.6 Å². The van der Waals surface area contributed by atoms with Gasteiger partial charge in [-0.05, 0) is 65.9 Å². The number of rotatable bonds is 5. The van der Waals surface area contributed by atoms with Gasteiger partial charge in [0, 0.05) is 17.1 Å². The summed E-state index contributed by atoms with van der Waals surface area (Å²) in [5.74, 6) is -1.15. The Kier molecular flexibility index (Phi) is 6.35. The van der Waals surface area contributed by atoms with E-state index >= 15 is 0 Å². The molecule has 1 unspecified atom stereocenters. The molecule has 2 amide bonds. The minimum absolute atomic E-state index is 0.0160. The molecule has 0 bridgehead atoms. The van der Waals surface area contributed by atoms with Gasteiger partial charge in [-0.15, -0.1) is 0 Å². The van der Waals surface area contributed by atoms with Crippen LogP contribution in [0.25, 0.3) is 11.1 Å². The Hall–Kier alpha value is -4.32. The second kappa shape index (κ2) is 9.89. The van der Waals surface area contributed by atoms with Crippen LogP contribution in [0.2, 0.25) is 0 Å². The van der Waals surface area contributed by atoms with Crippen molar-refractivity contribution in [3.63, 3.8) is 0 Å². The summed E-state index contributed by atoms with van der Waals surface area (Å²) in [6, 6.07) is 28.3. The Labute approximate surface area is 202 Å². The molecular weight excluding hydrogens is 444 g/mol. The summed E-state index contributed by atoms with van der Waals surface area (Å²) in [5.41, 5.74) is 4.92. The van der Waals surface area contributed by atoms with Gasteiger partial charge in [0.25, 0.3) is 0 Å². The smallest absolute Gasteiger partial charge is 0.308 e. The average molecular weight is 468 g/mol. The predicted molar refractivity (Wildman–Crippen MR) is 136 cm³/mol. The summed E-state index contributed by atoms with van der Waals surface area (Å²) in [7, 11) is 0. The highest BCUT2D eigenvalue weighted by Gasteiger charge is 2.24. The van der Waals surface area contributed by atoms with Crippen LogP contribution in [0, 0.1) is 11.6 Å². The minimum Gasteiger partial charge on any atom is -0.308 e. The molecule has 0 aromatic heterocycles. The van der Waals surface area contributed by atoms with Gasteiger partial charge in [0.2, 0.25) is 0 Å². The maximum atomic E-state index is 14.1. The molecule has 0 saturated carbocycles. The molecule has 1 aliphatic rings. The second-order valence-electron chi connectivity index (χ2n) is 8.37.